The molecule has 0 aliphatic heterocycles. The Bertz CT molecular complexity index is 1030. The molecular formula is C19H22N8. The van der Waals surface area contributed by atoms with E-state index in [9.17, 15) is 0 Å². The number of hydrogen-bond donors (Lipinski definition) is 1. The molecule has 0 bridgehead atoms. The average molecular weight is 362 g/mol. The van der Waals surface area contributed by atoms with Gasteiger partial charge in [-0.3, -0.25) is 4.68 Å². The van der Waals surface area contributed by atoms with Crippen LogP contribution in [0.25, 0.3) is 16.7 Å². The summed E-state index contributed by atoms with van der Waals surface area (Å²) in [5.74, 6) is 0.776. The number of fused-ring (bicyclic) bond motifs is 1. The molecule has 3 heterocycles. The molecule has 1 aromatic carbocycles. The van der Waals surface area contributed by atoms with Crippen molar-refractivity contribution in [2.24, 2.45) is 7.05 Å². The Hall–Kier alpha value is -3.26. The van der Waals surface area contributed by atoms with Gasteiger partial charge in [0.05, 0.1) is 29.5 Å². The molecule has 0 fully saturated rings. The summed E-state index contributed by atoms with van der Waals surface area (Å²) in [6.07, 6.45) is 7.31. The molecule has 0 saturated heterocycles. The van der Waals surface area contributed by atoms with Crippen molar-refractivity contribution in [3.8, 4) is 5.69 Å². The normalized spacial score (nSPS) is 12.6. The van der Waals surface area contributed by atoms with Gasteiger partial charge in [-0.15, -0.1) is 0 Å². The largest absolute Gasteiger partial charge is 0.367 e. The quantitative estimate of drug-likeness (QED) is 0.567. The molecule has 27 heavy (non-hydrogen) atoms. The highest BCUT2D eigenvalue weighted by molar-refractivity contribution is 5.87. The first-order valence-electron chi connectivity index (χ1n) is 8.76. The second kappa shape index (κ2) is 7.16. The van der Waals surface area contributed by atoms with Crippen LogP contribution in [-0.4, -0.2) is 55.1 Å². The molecular weight excluding hydrogens is 340 g/mol. The van der Waals surface area contributed by atoms with Crippen LogP contribution in [0.1, 0.15) is 11.6 Å². The lowest BCUT2D eigenvalue weighted by atomic mass is 10.1. The highest BCUT2D eigenvalue weighted by Crippen LogP contribution is 2.23. The molecule has 0 radical (unpaired) electrons. The number of hydrogen-bond acceptors (Lipinski definition) is 6. The van der Waals surface area contributed by atoms with Crippen molar-refractivity contribution in [1.82, 2.24) is 34.4 Å². The summed E-state index contributed by atoms with van der Waals surface area (Å²) in [4.78, 5) is 11.0. The fraction of sp³-hybridized carbons (Fsp3) is 0.263. The maximum Gasteiger partial charge on any atom is 0.168 e. The molecule has 4 rings (SSSR count). The number of benzene rings is 1. The van der Waals surface area contributed by atoms with Crippen molar-refractivity contribution in [3.63, 3.8) is 0 Å². The summed E-state index contributed by atoms with van der Waals surface area (Å²) in [6.45, 7) is 0.696. The smallest absolute Gasteiger partial charge is 0.168 e. The van der Waals surface area contributed by atoms with Crippen LogP contribution in [0.15, 0.2) is 55.2 Å². The molecule has 8 heteroatoms. The number of para-hydroxylation sites is 1. The molecule has 1 N–H and O–H groups in total. The van der Waals surface area contributed by atoms with Gasteiger partial charge in [-0.05, 0) is 26.2 Å². The molecule has 3 aromatic heterocycles. The van der Waals surface area contributed by atoms with Gasteiger partial charge in [-0.1, -0.05) is 18.2 Å². The molecule has 138 valence electrons. The second-order valence-electron chi connectivity index (χ2n) is 6.66. The fourth-order valence-electron chi connectivity index (χ4n) is 3.15. The Morgan fingerprint density at radius 2 is 1.89 bits per heavy atom. The van der Waals surface area contributed by atoms with Crippen molar-refractivity contribution < 1.29 is 0 Å². The molecule has 0 amide bonds. The van der Waals surface area contributed by atoms with E-state index in [2.05, 4.69) is 44.5 Å². The van der Waals surface area contributed by atoms with E-state index < -0.39 is 0 Å². The number of nitrogens with zero attached hydrogens (tertiary/aromatic N) is 7. The number of rotatable bonds is 6. The predicted molar refractivity (Wildman–Crippen MR) is 105 cm³/mol. The Kier molecular flexibility index (Phi) is 4.55. The zero-order valence-electron chi connectivity index (χ0n) is 15.6. The minimum atomic E-state index is 0.174. The molecule has 8 nitrogen and oxygen atoms in total. The third kappa shape index (κ3) is 3.39. The highest BCUT2D eigenvalue weighted by Gasteiger charge is 2.17. The van der Waals surface area contributed by atoms with Gasteiger partial charge < -0.3 is 10.2 Å². The minimum absolute atomic E-state index is 0.174. The first kappa shape index (κ1) is 17.2. The molecule has 1 atom stereocenters. The first-order valence-corrected chi connectivity index (χ1v) is 8.76. The Morgan fingerprint density at radius 1 is 1.07 bits per heavy atom. The number of likely N-dealkylation sites (N-methyl/N-ethyl adjacent to an activating group) is 1. The summed E-state index contributed by atoms with van der Waals surface area (Å²) in [5, 5.41) is 13.1. The van der Waals surface area contributed by atoms with Gasteiger partial charge in [0.15, 0.2) is 5.65 Å². The summed E-state index contributed by atoms with van der Waals surface area (Å²) < 4.78 is 3.64. The molecule has 0 aliphatic carbocycles. The van der Waals surface area contributed by atoms with E-state index in [-0.39, 0.29) is 6.04 Å². The molecule has 1 unspecified atom stereocenters. The van der Waals surface area contributed by atoms with Gasteiger partial charge in [-0.2, -0.15) is 10.2 Å². The van der Waals surface area contributed by atoms with Crippen LogP contribution in [0.5, 0.6) is 0 Å². The van der Waals surface area contributed by atoms with Gasteiger partial charge >= 0.3 is 0 Å². The van der Waals surface area contributed by atoms with Gasteiger partial charge in [0, 0.05) is 25.4 Å². The van der Waals surface area contributed by atoms with E-state index in [0.29, 0.717) is 6.54 Å². The minimum Gasteiger partial charge on any atom is -0.367 e. The first-order chi connectivity index (χ1) is 13.1. The lowest BCUT2D eigenvalue weighted by molar-refractivity contribution is 0.311. The van der Waals surface area contributed by atoms with Crippen LogP contribution in [-0.2, 0) is 7.05 Å². The number of aromatic nitrogens is 6. The molecule has 0 aliphatic rings. The van der Waals surface area contributed by atoms with E-state index in [1.807, 2.05) is 59.1 Å². The summed E-state index contributed by atoms with van der Waals surface area (Å²) in [6, 6.07) is 10.1. The topological polar surface area (TPSA) is 76.7 Å². The van der Waals surface area contributed by atoms with E-state index in [1.165, 1.54) is 0 Å². The van der Waals surface area contributed by atoms with Crippen LogP contribution in [0, 0.1) is 0 Å². The van der Waals surface area contributed by atoms with Crippen LogP contribution < -0.4 is 5.32 Å². The van der Waals surface area contributed by atoms with E-state index in [4.69, 9.17) is 0 Å². The van der Waals surface area contributed by atoms with Gasteiger partial charge in [0.25, 0.3) is 0 Å². The Labute approximate surface area is 157 Å². The van der Waals surface area contributed by atoms with Crippen molar-refractivity contribution >= 4 is 16.9 Å². The number of nitrogens with one attached hydrogen (secondary N) is 1. The zero-order chi connectivity index (χ0) is 18.8. The van der Waals surface area contributed by atoms with Crippen LogP contribution >= 0.6 is 0 Å². The second-order valence-corrected chi connectivity index (χ2v) is 6.66. The fourth-order valence-corrected chi connectivity index (χ4v) is 3.15. The van der Waals surface area contributed by atoms with Crippen LogP contribution in [0.2, 0.25) is 0 Å². The highest BCUT2D eigenvalue weighted by atomic mass is 15.3. The van der Waals surface area contributed by atoms with Crippen LogP contribution in [0.4, 0.5) is 5.82 Å². The van der Waals surface area contributed by atoms with E-state index in [0.717, 1.165) is 28.1 Å². The van der Waals surface area contributed by atoms with E-state index in [1.54, 1.807) is 12.5 Å². The van der Waals surface area contributed by atoms with Gasteiger partial charge in [-0.25, -0.2) is 14.6 Å². The lowest BCUT2D eigenvalue weighted by Gasteiger charge is -2.23. The van der Waals surface area contributed by atoms with Crippen molar-refractivity contribution in [1.29, 1.82) is 0 Å². The predicted octanol–water partition coefficient (Wildman–Crippen LogP) is 2.26. The van der Waals surface area contributed by atoms with Crippen molar-refractivity contribution in [3.05, 3.63) is 60.8 Å². The van der Waals surface area contributed by atoms with Crippen molar-refractivity contribution in [2.75, 3.05) is 26.0 Å². The molecule has 0 saturated carbocycles. The number of aryl methyl sites for hydroxylation is 1. The zero-order valence-corrected chi connectivity index (χ0v) is 15.6. The lowest BCUT2D eigenvalue weighted by Crippen LogP contribution is -2.26. The third-order valence-electron chi connectivity index (χ3n) is 4.56. The molecule has 4 aromatic rings. The summed E-state index contributed by atoms with van der Waals surface area (Å²) in [5.41, 5.74) is 2.90. The average Bonchev–Trinajstić information content (AvgIpc) is 3.29. The Morgan fingerprint density at radius 3 is 2.59 bits per heavy atom. The van der Waals surface area contributed by atoms with Gasteiger partial charge in [0.1, 0.15) is 12.1 Å². The SMILES string of the molecule is CN(C)C(CNc1ncnc2c1cnn2-c1ccccc1)c1cnn(C)c1. The monoisotopic (exact) mass is 362 g/mol. The van der Waals surface area contributed by atoms with E-state index >= 15 is 0 Å². The van der Waals surface area contributed by atoms with Gasteiger partial charge in [0.2, 0.25) is 0 Å². The third-order valence-corrected chi connectivity index (χ3v) is 4.56. The van der Waals surface area contributed by atoms with Crippen LogP contribution in [0.3, 0.4) is 0 Å². The summed E-state index contributed by atoms with van der Waals surface area (Å²) in [7, 11) is 6.04. The number of anilines is 1. The Balaban J connectivity index is 1.62. The maximum atomic E-state index is 4.50. The maximum absolute atomic E-state index is 4.50. The molecule has 0 spiro atoms. The summed E-state index contributed by atoms with van der Waals surface area (Å²) >= 11 is 0. The van der Waals surface area contributed by atoms with Crippen molar-refractivity contribution in [2.45, 2.75) is 6.04 Å². The standard InChI is InChI=1S/C19H22N8/c1-25(2)17(14-9-23-26(3)12-14)11-20-18-16-10-24-27(19(16)22-13-21-18)15-7-5-4-6-8-15/h4-10,12-13,17H,11H2,1-3H3,(H,20,21,22).